The molecule has 5 heteroatoms. The zero-order valence-corrected chi connectivity index (χ0v) is 15.4. The molecule has 1 amide bonds. The summed E-state index contributed by atoms with van der Waals surface area (Å²) >= 11 is 0. The van der Waals surface area contributed by atoms with Gasteiger partial charge in [0.25, 0.3) is 5.91 Å². The van der Waals surface area contributed by atoms with E-state index in [-0.39, 0.29) is 11.5 Å². The Hall–Kier alpha value is -2.43. The highest BCUT2D eigenvalue weighted by Gasteiger charge is 2.25. The quantitative estimate of drug-likeness (QED) is 0.814. The highest BCUT2D eigenvalue weighted by molar-refractivity contribution is 5.94. The summed E-state index contributed by atoms with van der Waals surface area (Å²) in [5.41, 5.74) is 3.99. The summed E-state index contributed by atoms with van der Waals surface area (Å²) in [4.78, 5) is 16.6. The molecule has 0 N–H and O–H groups in total. The van der Waals surface area contributed by atoms with Crippen molar-refractivity contribution < 1.29 is 13.6 Å². The number of hydrogen-bond acceptors (Lipinski definition) is 2. The maximum Gasteiger partial charge on any atom is 0.254 e. The zero-order chi connectivity index (χ0) is 18.8. The molecule has 0 bridgehead atoms. The number of carbonyl (C=O) groups is 1. The Morgan fingerprint density at radius 1 is 1.00 bits per heavy atom. The van der Waals surface area contributed by atoms with Crippen LogP contribution in [0.3, 0.4) is 0 Å². The van der Waals surface area contributed by atoms with Gasteiger partial charge in [0.2, 0.25) is 0 Å². The normalized spacial score (nSPS) is 14.8. The number of nitrogens with zero attached hydrogens (tertiary/aromatic N) is 2. The number of anilines is 1. The SMILES string of the molecule is Cc1cccc(C(C)C)c1N1CCN(C(=O)c2ccc(F)c(F)c2)CC1. The highest BCUT2D eigenvalue weighted by Crippen LogP contribution is 2.31. The lowest BCUT2D eigenvalue weighted by Crippen LogP contribution is -2.49. The minimum absolute atomic E-state index is 0.191. The van der Waals surface area contributed by atoms with Crippen LogP contribution < -0.4 is 4.90 Å². The lowest BCUT2D eigenvalue weighted by Gasteiger charge is -2.38. The van der Waals surface area contributed by atoms with E-state index in [1.54, 1.807) is 4.90 Å². The summed E-state index contributed by atoms with van der Waals surface area (Å²) < 4.78 is 26.5. The van der Waals surface area contributed by atoms with E-state index < -0.39 is 11.6 Å². The summed E-state index contributed by atoms with van der Waals surface area (Å²) in [6, 6.07) is 9.66. The first kappa shape index (κ1) is 18.4. The Labute approximate surface area is 153 Å². The lowest BCUT2D eigenvalue weighted by molar-refractivity contribution is 0.0746. The van der Waals surface area contributed by atoms with Crippen molar-refractivity contribution in [1.82, 2.24) is 4.90 Å². The van der Waals surface area contributed by atoms with Crippen LogP contribution in [0.2, 0.25) is 0 Å². The van der Waals surface area contributed by atoms with Gasteiger partial charge in [0.1, 0.15) is 0 Å². The fourth-order valence-electron chi connectivity index (χ4n) is 3.52. The number of para-hydroxylation sites is 1. The van der Waals surface area contributed by atoms with Crippen molar-refractivity contribution in [3.05, 3.63) is 64.7 Å². The summed E-state index contributed by atoms with van der Waals surface area (Å²) in [5.74, 6) is -1.76. The zero-order valence-electron chi connectivity index (χ0n) is 15.4. The van der Waals surface area contributed by atoms with Gasteiger partial charge in [-0.15, -0.1) is 0 Å². The number of benzene rings is 2. The molecule has 2 aromatic rings. The monoisotopic (exact) mass is 358 g/mol. The summed E-state index contributed by atoms with van der Waals surface area (Å²) in [6.07, 6.45) is 0. The third-order valence-corrected chi connectivity index (χ3v) is 4.94. The Morgan fingerprint density at radius 3 is 2.31 bits per heavy atom. The van der Waals surface area contributed by atoms with E-state index in [0.29, 0.717) is 19.0 Å². The second-order valence-corrected chi connectivity index (χ2v) is 7.08. The minimum Gasteiger partial charge on any atom is -0.368 e. The van der Waals surface area contributed by atoms with Gasteiger partial charge >= 0.3 is 0 Å². The van der Waals surface area contributed by atoms with Crippen molar-refractivity contribution in [2.45, 2.75) is 26.7 Å². The van der Waals surface area contributed by atoms with Gasteiger partial charge in [-0.05, 0) is 42.2 Å². The lowest BCUT2D eigenvalue weighted by atomic mass is 9.97. The number of aryl methyl sites for hydroxylation is 1. The van der Waals surface area contributed by atoms with Crippen LogP contribution in [-0.2, 0) is 0 Å². The number of halogens is 2. The molecule has 26 heavy (non-hydrogen) atoms. The molecule has 138 valence electrons. The molecule has 1 aliphatic rings. The van der Waals surface area contributed by atoms with Crippen LogP contribution in [-0.4, -0.2) is 37.0 Å². The topological polar surface area (TPSA) is 23.6 Å². The van der Waals surface area contributed by atoms with Crippen LogP contribution in [0.4, 0.5) is 14.5 Å². The van der Waals surface area contributed by atoms with Crippen molar-refractivity contribution in [1.29, 1.82) is 0 Å². The molecule has 0 radical (unpaired) electrons. The first-order valence-electron chi connectivity index (χ1n) is 8.97. The summed E-state index contributed by atoms with van der Waals surface area (Å²) in [6.45, 7) is 9.04. The van der Waals surface area contributed by atoms with Crippen LogP contribution in [0.25, 0.3) is 0 Å². The van der Waals surface area contributed by atoms with E-state index in [1.807, 2.05) is 0 Å². The molecule has 0 unspecified atom stereocenters. The molecule has 3 rings (SSSR count). The first-order valence-corrected chi connectivity index (χ1v) is 8.97. The number of hydrogen-bond donors (Lipinski definition) is 0. The third-order valence-electron chi connectivity index (χ3n) is 4.94. The molecule has 0 atom stereocenters. The maximum absolute atomic E-state index is 13.4. The van der Waals surface area contributed by atoms with Gasteiger partial charge in [0.15, 0.2) is 11.6 Å². The molecule has 0 spiro atoms. The van der Waals surface area contributed by atoms with E-state index >= 15 is 0 Å². The predicted molar refractivity (Wildman–Crippen MR) is 99.7 cm³/mol. The smallest absolute Gasteiger partial charge is 0.254 e. The van der Waals surface area contributed by atoms with Crippen LogP contribution in [0.15, 0.2) is 36.4 Å². The second-order valence-electron chi connectivity index (χ2n) is 7.08. The molecule has 0 aliphatic carbocycles. The van der Waals surface area contributed by atoms with E-state index in [1.165, 1.54) is 22.9 Å². The Bertz CT molecular complexity index is 812. The van der Waals surface area contributed by atoms with Crippen LogP contribution in [0.5, 0.6) is 0 Å². The Balaban J connectivity index is 1.74. The molecule has 1 heterocycles. The fraction of sp³-hybridized carbons (Fsp3) is 0.381. The van der Waals surface area contributed by atoms with Crippen molar-refractivity contribution in [3.8, 4) is 0 Å². The predicted octanol–water partition coefficient (Wildman–Crippen LogP) is 4.36. The molecule has 0 saturated carbocycles. The minimum atomic E-state index is -0.990. The average Bonchev–Trinajstić information content (AvgIpc) is 2.63. The van der Waals surface area contributed by atoms with E-state index in [0.717, 1.165) is 25.2 Å². The Morgan fingerprint density at radius 2 is 1.69 bits per heavy atom. The van der Waals surface area contributed by atoms with Crippen molar-refractivity contribution in [2.75, 3.05) is 31.1 Å². The highest BCUT2D eigenvalue weighted by atomic mass is 19.2. The van der Waals surface area contributed by atoms with Gasteiger partial charge < -0.3 is 9.80 Å². The van der Waals surface area contributed by atoms with Crippen molar-refractivity contribution in [3.63, 3.8) is 0 Å². The number of rotatable bonds is 3. The largest absolute Gasteiger partial charge is 0.368 e. The molecule has 2 aromatic carbocycles. The summed E-state index contributed by atoms with van der Waals surface area (Å²) in [7, 11) is 0. The number of carbonyl (C=O) groups excluding carboxylic acids is 1. The van der Waals surface area contributed by atoms with E-state index in [9.17, 15) is 13.6 Å². The van der Waals surface area contributed by atoms with Crippen LogP contribution in [0, 0.1) is 18.6 Å². The molecule has 1 aliphatic heterocycles. The fourth-order valence-corrected chi connectivity index (χ4v) is 3.52. The molecular formula is C21H24F2N2O. The first-order chi connectivity index (χ1) is 12.4. The third kappa shape index (κ3) is 3.57. The molecular weight excluding hydrogens is 334 g/mol. The Kier molecular flexibility index (Phi) is 5.25. The van der Waals surface area contributed by atoms with Gasteiger partial charge in [-0.2, -0.15) is 0 Å². The molecule has 3 nitrogen and oxygen atoms in total. The van der Waals surface area contributed by atoms with Crippen molar-refractivity contribution in [2.24, 2.45) is 0 Å². The van der Waals surface area contributed by atoms with Gasteiger partial charge in [-0.1, -0.05) is 32.0 Å². The van der Waals surface area contributed by atoms with E-state index in [4.69, 9.17) is 0 Å². The van der Waals surface area contributed by atoms with Crippen LogP contribution >= 0.6 is 0 Å². The van der Waals surface area contributed by atoms with Gasteiger partial charge in [0.05, 0.1) is 0 Å². The van der Waals surface area contributed by atoms with Crippen LogP contribution in [0.1, 0.15) is 41.3 Å². The molecule has 1 fully saturated rings. The van der Waals surface area contributed by atoms with Gasteiger partial charge in [-0.3, -0.25) is 4.79 Å². The van der Waals surface area contributed by atoms with Gasteiger partial charge in [0, 0.05) is 37.4 Å². The van der Waals surface area contributed by atoms with E-state index in [2.05, 4.69) is 43.9 Å². The van der Waals surface area contributed by atoms with Gasteiger partial charge in [-0.25, -0.2) is 8.78 Å². The molecule has 0 aromatic heterocycles. The number of amides is 1. The molecule has 1 saturated heterocycles. The number of piperazine rings is 1. The standard InChI is InChI=1S/C21H24F2N2O/c1-14(2)17-6-4-5-15(3)20(17)24-9-11-25(12-10-24)21(26)16-7-8-18(22)19(23)13-16/h4-8,13-14H,9-12H2,1-3H3. The average molecular weight is 358 g/mol. The summed E-state index contributed by atoms with van der Waals surface area (Å²) in [5, 5.41) is 0. The maximum atomic E-state index is 13.4. The van der Waals surface area contributed by atoms with Crippen molar-refractivity contribution >= 4 is 11.6 Å². The second kappa shape index (κ2) is 7.44.